The number of nitrogens with one attached hydrogen (secondary N) is 2. The Morgan fingerprint density at radius 3 is 2.58 bits per heavy atom. The highest BCUT2D eigenvalue weighted by Crippen LogP contribution is 2.19. The first-order valence-electron chi connectivity index (χ1n) is 8.22. The summed E-state index contributed by atoms with van der Waals surface area (Å²) < 4.78 is 0. The summed E-state index contributed by atoms with van der Waals surface area (Å²) in [5, 5.41) is 13.2. The fourth-order valence-corrected chi connectivity index (χ4v) is 2.78. The summed E-state index contributed by atoms with van der Waals surface area (Å²) in [4.78, 5) is 12.3. The lowest BCUT2D eigenvalue weighted by Crippen LogP contribution is -2.17. The first-order valence-corrected chi connectivity index (χ1v) is 8.22. The number of hydrazone groups is 1. The molecule has 4 rings (SSSR count). The molecule has 3 aromatic carbocycles. The van der Waals surface area contributed by atoms with Gasteiger partial charge in [0, 0.05) is 16.7 Å². The van der Waals surface area contributed by atoms with Crippen molar-refractivity contribution >= 4 is 22.9 Å². The molecule has 0 saturated carbocycles. The van der Waals surface area contributed by atoms with Gasteiger partial charge in [0.05, 0.1) is 18.1 Å². The molecule has 5 nitrogen and oxygen atoms in total. The lowest BCUT2D eigenvalue weighted by molar-refractivity contribution is 0.0955. The van der Waals surface area contributed by atoms with E-state index in [2.05, 4.69) is 20.7 Å². The Kier molecular flexibility index (Phi) is 4.26. The van der Waals surface area contributed by atoms with E-state index < -0.39 is 0 Å². The summed E-state index contributed by atoms with van der Waals surface area (Å²) in [6.45, 7) is 0. The van der Waals surface area contributed by atoms with E-state index in [0.29, 0.717) is 5.56 Å². The molecule has 1 heterocycles. The van der Waals surface area contributed by atoms with Crippen molar-refractivity contribution in [2.24, 2.45) is 5.10 Å². The summed E-state index contributed by atoms with van der Waals surface area (Å²) in [7, 11) is 0. The van der Waals surface area contributed by atoms with Gasteiger partial charge in [-0.2, -0.15) is 10.2 Å². The van der Waals surface area contributed by atoms with Gasteiger partial charge in [-0.3, -0.25) is 9.89 Å². The molecule has 0 aliphatic carbocycles. The van der Waals surface area contributed by atoms with Gasteiger partial charge in [-0.1, -0.05) is 60.7 Å². The molecule has 1 amide bonds. The van der Waals surface area contributed by atoms with Gasteiger partial charge < -0.3 is 0 Å². The Balaban J connectivity index is 1.50. The smallest absolute Gasteiger partial charge is 0.271 e. The predicted octanol–water partition coefficient (Wildman–Crippen LogP) is 3.99. The lowest BCUT2D eigenvalue weighted by Gasteiger charge is -2.02. The number of amides is 1. The topological polar surface area (TPSA) is 70.1 Å². The number of aromatic amines is 1. The number of carbonyl (C=O) groups is 1. The number of H-pyrrole nitrogens is 1. The minimum atomic E-state index is -0.253. The molecule has 1 aromatic heterocycles. The molecule has 2 N–H and O–H groups in total. The molecule has 0 saturated heterocycles. The fraction of sp³-hybridized carbons (Fsp3) is 0. The Morgan fingerprint density at radius 1 is 0.962 bits per heavy atom. The van der Waals surface area contributed by atoms with Crippen LogP contribution in [0.4, 0.5) is 0 Å². The van der Waals surface area contributed by atoms with E-state index >= 15 is 0 Å². The summed E-state index contributed by atoms with van der Waals surface area (Å²) in [5.74, 6) is -0.253. The van der Waals surface area contributed by atoms with E-state index in [-0.39, 0.29) is 5.91 Å². The molecule has 0 atom stereocenters. The Labute approximate surface area is 150 Å². The van der Waals surface area contributed by atoms with Crippen molar-refractivity contribution in [1.29, 1.82) is 0 Å². The maximum absolute atomic E-state index is 12.3. The fourth-order valence-electron chi connectivity index (χ4n) is 2.78. The van der Waals surface area contributed by atoms with Crippen molar-refractivity contribution in [3.8, 4) is 11.3 Å². The number of fused-ring (bicyclic) bond motifs is 1. The molecule has 0 spiro atoms. The Hall–Kier alpha value is -3.73. The number of nitrogens with zero attached hydrogens (tertiary/aromatic N) is 2. The van der Waals surface area contributed by atoms with Gasteiger partial charge in [-0.05, 0) is 22.9 Å². The number of hydrogen-bond acceptors (Lipinski definition) is 3. The van der Waals surface area contributed by atoms with Crippen molar-refractivity contribution in [2.45, 2.75) is 0 Å². The van der Waals surface area contributed by atoms with Gasteiger partial charge in [-0.15, -0.1) is 0 Å². The minimum absolute atomic E-state index is 0.253. The van der Waals surface area contributed by atoms with Gasteiger partial charge in [0.15, 0.2) is 0 Å². The second-order valence-corrected chi connectivity index (χ2v) is 5.83. The van der Waals surface area contributed by atoms with Gasteiger partial charge in [-0.25, -0.2) is 5.43 Å². The lowest BCUT2D eigenvalue weighted by atomic mass is 10.1. The van der Waals surface area contributed by atoms with Gasteiger partial charge in [0.1, 0.15) is 0 Å². The predicted molar refractivity (Wildman–Crippen MR) is 103 cm³/mol. The molecule has 0 bridgehead atoms. The zero-order chi connectivity index (χ0) is 17.8. The molecular formula is C21H16N4O. The minimum Gasteiger partial charge on any atom is -0.277 e. The molecule has 0 radical (unpaired) electrons. The van der Waals surface area contributed by atoms with E-state index in [9.17, 15) is 4.79 Å². The number of aromatic nitrogens is 2. The number of hydrogen-bond donors (Lipinski definition) is 2. The normalized spacial score (nSPS) is 11.1. The van der Waals surface area contributed by atoms with Crippen LogP contribution in [0, 0.1) is 0 Å². The molecule has 26 heavy (non-hydrogen) atoms. The number of carbonyl (C=O) groups excluding carboxylic acids is 1. The van der Waals surface area contributed by atoms with Gasteiger partial charge in [0.25, 0.3) is 5.91 Å². The maximum atomic E-state index is 12.3. The molecule has 5 heteroatoms. The summed E-state index contributed by atoms with van der Waals surface area (Å²) >= 11 is 0. The van der Waals surface area contributed by atoms with Crippen LogP contribution in [0.25, 0.3) is 22.0 Å². The Morgan fingerprint density at radius 2 is 1.73 bits per heavy atom. The van der Waals surface area contributed by atoms with E-state index in [1.165, 1.54) is 0 Å². The van der Waals surface area contributed by atoms with Crippen LogP contribution >= 0.6 is 0 Å². The quantitative estimate of drug-likeness (QED) is 0.435. The molecular weight excluding hydrogens is 324 g/mol. The van der Waals surface area contributed by atoms with Crippen LogP contribution in [0.3, 0.4) is 0 Å². The third kappa shape index (κ3) is 3.23. The highest BCUT2D eigenvalue weighted by molar-refractivity contribution is 5.99. The van der Waals surface area contributed by atoms with Crippen molar-refractivity contribution in [2.75, 3.05) is 0 Å². The second-order valence-electron chi connectivity index (χ2n) is 5.83. The van der Waals surface area contributed by atoms with E-state index in [1.54, 1.807) is 18.5 Å². The molecule has 4 aromatic rings. The van der Waals surface area contributed by atoms with Crippen molar-refractivity contribution in [3.05, 3.63) is 90.1 Å². The standard InChI is InChI=1S/C21H16N4O/c26-21(18-11-10-15-6-4-5-9-17(15)12-18)25-23-14-19-13-22-24-20(19)16-7-2-1-3-8-16/h1-14H,(H,22,24)(H,25,26). The number of rotatable bonds is 4. The SMILES string of the molecule is O=C(NN=Cc1cn[nH]c1-c1ccccc1)c1ccc2ccccc2c1. The Bertz CT molecular complexity index is 1080. The van der Waals surface area contributed by atoms with Crippen LogP contribution in [-0.2, 0) is 0 Å². The second kappa shape index (κ2) is 7.03. The van der Waals surface area contributed by atoms with Gasteiger partial charge >= 0.3 is 0 Å². The van der Waals surface area contributed by atoms with Crippen molar-refractivity contribution in [3.63, 3.8) is 0 Å². The van der Waals surface area contributed by atoms with E-state index in [1.807, 2.05) is 66.7 Å². The molecule has 0 aliphatic heterocycles. The van der Waals surface area contributed by atoms with Crippen LogP contribution in [0.5, 0.6) is 0 Å². The third-order valence-electron chi connectivity index (χ3n) is 4.11. The third-order valence-corrected chi connectivity index (χ3v) is 4.11. The summed E-state index contributed by atoms with van der Waals surface area (Å²) in [6.07, 6.45) is 3.26. The van der Waals surface area contributed by atoms with Crippen LogP contribution in [-0.4, -0.2) is 22.3 Å². The zero-order valence-corrected chi connectivity index (χ0v) is 13.9. The average Bonchev–Trinajstić information content (AvgIpc) is 3.17. The first kappa shape index (κ1) is 15.8. The van der Waals surface area contributed by atoms with E-state index in [0.717, 1.165) is 27.6 Å². The molecule has 0 unspecified atom stereocenters. The first-order chi connectivity index (χ1) is 12.8. The van der Waals surface area contributed by atoms with Crippen LogP contribution in [0.2, 0.25) is 0 Å². The molecule has 0 aliphatic rings. The summed E-state index contributed by atoms with van der Waals surface area (Å²) in [6, 6.07) is 23.3. The van der Waals surface area contributed by atoms with E-state index in [4.69, 9.17) is 0 Å². The monoisotopic (exact) mass is 340 g/mol. The highest BCUT2D eigenvalue weighted by atomic mass is 16.2. The highest BCUT2D eigenvalue weighted by Gasteiger charge is 2.07. The van der Waals surface area contributed by atoms with Crippen LogP contribution < -0.4 is 5.43 Å². The maximum Gasteiger partial charge on any atom is 0.271 e. The average molecular weight is 340 g/mol. The van der Waals surface area contributed by atoms with Gasteiger partial charge in [0.2, 0.25) is 0 Å². The van der Waals surface area contributed by atoms with Crippen LogP contribution in [0.15, 0.2) is 84.1 Å². The summed E-state index contributed by atoms with van der Waals surface area (Å²) in [5.41, 5.74) is 5.80. The van der Waals surface area contributed by atoms with Crippen LogP contribution in [0.1, 0.15) is 15.9 Å². The zero-order valence-electron chi connectivity index (χ0n) is 13.9. The largest absolute Gasteiger partial charge is 0.277 e. The van der Waals surface area contributed by atoms with Crippen molar-refractivity contribution in [1.82, 2.24) is 15.6 Å². The molecule has 126 valence electrons. The number of benzene rings is 3. The molecule has 0 fully saturated rings. The van der Waals surface area contributed by atoms with Crippen molar-refractivity contribution < 1.29 is 4.79 Å².